The second kappa shape index (κ2) is 11.0. The molecule has 0 atom stereocenters. The molecule has 0 spiro atoms. The topological polar surface area (TPSA) is 56.5 Å². The van der Waals surface area contributed by atoms with E-state index in [1.54, 1.807) is 0 Å². The molecule has 3 heterocycles. The number of pyridine rings is 1. The first kappa shape index (κ1) is 26.7. The van der Waals surface area contributed by atoms with E-state index in [0.717, 1.165) is 44.5 Å². The summed E-state index contributed by atoms with van der Waals surface area (Å²) in [7, 11) is 0. The molecule has 5 nitrogen and oxygen atoms in total. The molecule has 0 N–H and O–H groups in total. The Labute approximate surface area is 261 Å². The highest BCUT2D eigenvalue weighted by atomic mass is 15.1. The summed E-state index contributed by atoms with van der Waals surface area (Å²) in [5, 5.41) is 2.43. The first-order chi connectivity index (χ1) is 22.1. The molecule has 0 fully saturated rings. The van der Waals surface area contributed by atoms with E-state index >= 15 is 0 Å². The average molecular weight is 580 g/mol. The fraction of sp³-hybridized carbons (Fsp3) is 0.0500. The normalized spacial score (nSPS) is 11.3. The van der Waals surface area contributed by atoms with E-state index in [4.69, 9.17) is 15.0 Å². The molecule has 0 bridgehead atoms. The molecule has 0 saturated carbocycles. The second-order valence-corrected chi connectivity index (χ2v) is 11.4. The van der Waals surface area contributed by atoms with Crippen molar-refractivity contribution in [2.24, 2.45) is 0 Å². The van der Waals surface area contributed by atoms with Gasteiger partial charge in [-0.15, -0.1) is 0 Å². The molecule has 0 aliphatic rings. The summed E-state index contributed by atoms with van der Waals surface area (Å²) in [4.78, 5) is 19.5. The zero-order valence-corrected chi connectivity index (χ0v) is 25.0. The molecular formula is C40H29N5. The summed E-state index contributed by atoms with van der Waals surface area (Å²) < 4.78 is 2.37. The number of aryl methyl sites for hydroxylation is 2. The third-order valence-electron chi connectivity index (χ3n) is 8.27. The largest absolute Gasteiger partial charge is 0.308 e. The molecule has 3 aromatic heterocycles. The molecule has 0 aliphatic carbocycles. The van der Waals surface area contributed by atoms with Crippen LogP contribution >= 0.6 is 0 Å². The van der Waals surface area contributed by atoms with E-state index in [-0.39, 0.29) is 0 Å². The fourth-order valence-electron chi connectivity index (χ4n) is 6.06. The van der Waals surface area contributed by atoms with Gasteiger partial charge in [0.2, 0.25) is 0 Å². The van der Waals surface area contributed by atoms with Crippen LogP contribution in [0, 0.1) is 13.8 Å². The standard InChI is InChI=1S/C40H29N5/c1-26-13-16-32-33-17-14-27(2)24-37(33)45(36(32)23-26)35-18-15-31(28-19-21-41-22-20-28)25-34(35)40-43-38(29-9-5-3-6-10-29)42-39(44-40)30-11-7-4-8-12-30/h3-25H,1-2H3. The van der Waals surface area contributed by atoms with Gasteiger partial charge in [0.15, 0.2) is 17.5 Å². The molecule has 0 radical (unpaired) electrons. The Balaban J connectivity index is 1.47. The number of hydrogen-bond donors (Lipinski definition) is 0. The van der Waals surface area contributed by atoms with E-state index < -0.39 is 0 Å². The fourth-order valence-corrected chi connectivity index (χ4v) is 6.06. The maximum atomic E-state index is 5.15. The lowest BCUT2D eigenvalue weighted by Gasteiger charge is -2.16. The van der Waals surface area contributed by atoms with Gasteiger partial charge in [-0.05, 0) is 72.5 Å². The minimum absolute atomic E-state index is 0.615. The molecule has 0 unspecified atom stereocenters. The van der Waals surface area contributed by atoms with Crippen LogP contribution in [0.25, 0.3) is 72.8 Å². The van der Waals surface area contributed by atoms with Crippen molar-refractivity contribution in [3.63, 3.8) is 0 Å². The van der Waals surface area contributed by atoms with Crippen LogP contribution in [0.15, 0.2) is 140 Å². The Morgan fingerprint density at radius 1 is 0.444 bits per heavy atom. The highest BCUT2D eigenvalue weighted by Gasteiger charge is 2.20. The molecule has 8 aromatic rings. The van der Waals surface area contributed by atoms with Gasteiger partial charge in [-0.3, -0.25) is 4.98 Å². The van der Waals surface area contributed by atoms with Crippen molar-refractivity contribution in [1.29, 1.82) is 0 Å². The van der Waals surface area contributed by atoms with Crippen molar-refractivity contribution in [2.45, 2.75) is 13.8 Å². The SMILES string of the molecule is Cc1ccc2c3ccc(C)cc3n(-c3ccc(-c4ccncc4)cc3-c3nc(-c4ccccc4)nc(-c4ccccc4)n3)c2c1. The maximum Gasteiger partial charge on any atom is 0.166 e. The lowest BCUT2D eigenvalue weighted by molar-refractivity contribution is 1.06. The predicted octanol–water partition coefficient (Wildman–Crippen LogP) is 9.65. The van der Waals surface area contributed by atoms with Gasteiger partial charge in [0.05, 0.1) is 16.7 Å². The third kappa shape index (κ3) is 4.85. The Bertz CT molecular complexity index is 2210. The lowest BCUT2D eigenvalue weighted by atomic mass is 10.0. The minimum Gasteiger partial charge on any atom is -0.308 e. The highest BCUT2D eigenvalue weighted by molar-refractivity contribution is 6.10. The van der Waals surface area contributed by atoms with Gasteiger partial charge >= 0.3 is 0 Å². The summed E-state index contributed by atoms with van der Waals surface area (Å²) in [5.41, 5.74) is 10.6. The molecule has 5 aromatic carbocycles. The second-order valence-electron chi connectivity index (χ2n) is 11.4. The number of aromatic nitrogens is 5. The van der Waals surface area contributed by atoms with Crippen molar-refractivity contribution < 1.29 is 0 Å². The maximum absolute atomic E-state index is 5.15. The number of rotatable bonds is 5. The van der Waals surface area contributed by atoms with E-state index in [1.807, 2.05) is 85.2 Å². The molecule has 0 saturated heterocycles. The monoisotopic (exact) mass is 579 g/mol. The van der Waals surface area contributed by atoms with Crippen molar-refractivity contribution in [2.75, 3.05) is 0 Å². The smallest absolute Gasteiger partial charge is 0.166 e. The summed E-state index contributed by atoms with van der Waals surface area (Å²) in [6, 6.07) is 44.2. The Morgan fingerprint density at radius 2 is 0.978 bits per heavy atom. The van der Waals surface area contributed by atoms with Gasteiger partial charge in [0.25, 0.3) is 0 Å². The van der Waals surface area contributed by atoms with Crippen LogP contribution in [0.2, 0.25) is 0 Å². The first-order valence-corrected chi connectivity index (χ1v) is 15.1. The van der Waals surface area contributed by atoms with E-state index in [1.165, 1.54) is 21.9 Å². The van der Waals surface area contributed by atoms with Crippen LogP contribution in [0.1, 0.15) is 11.1 Å². The summed E-state index contributed by atoms with van der Waals surface area (Å²) in [6.07, 6.45) is 3.65. The van der Waals surface area contributed by atoms with Crippen LogP contribution in [0.3, 0.4) is 0 Å². The van der Waals surface area contributed by atoms with Crippen molar-refractivity contribution in [3.05, 3.63) is 151 Å². The van der Waals surface area contributed by atoms with Gasteiger partial charge in [-0.25, -0.2) is 15.0 Å². The zero-order chi connectivity index (χ0) is 30.3. The van der Waals surface area contributed by atoms with E-state index in [2.05, 4.69) is 78.0 Å². The molecule has 0 aliphatic heterocycles. The van der Waals surface area contributed by atoms with Gasteiger partial charge in [0.1, 0.15) is 0 Å². The predicted molar refractivity (Wildman–Crippen MR) is 183 cm³/mol. The number of fused-ring (bicyclic) bond motifs is 3. The van der Waals surface area contributed by atoms with Crippen LogP contribution < -0.4 is 0 Å². The summed E-state index contributed by atoms with van der Waals surface area (Å²) in [5.74, 6) is 1.88. The molecule has 5 heteroatoms. The third-order valence-corrected chi connectivity index (χ3v) is 8.27. The van der Waals surface area contributed by atoms with Crippen LogP contribution in [-0.2, 0) is 0 Å². The van der Waals surface area contributed by atoms with Gasteiger partial charge in [-0.1, -0.05) is 91.0 Å². The molecule has 8 rings (SSSR count). The van der Waals surface area contributed by atoms with Crippen LogP contribution in [0.5, 0.6) is 0 Å². The molecular weight excluding hydrogens is 550 g/mol. The Hall–Kier alpha value is -5.94. The summed E-state index contributed by atoms with van der Waals surface area (Å²) in [6.45, 7) is 4.29. The average Bonchev–Trinajstić information content (AvgIpc) is 3.41. The molecule has 45 heavy (non-hydrogen) atoms. The number of benzene rings is 5. The van der Waals surface area contributed by atoms with Gasteiger partial charge < -0.3 is 4.57 Å². The Morgan fingerprint density at radius 3 is 1.53 bits per heavy atom. The van der Waals surface area contributed by atoms with Crippen LogP contribution in [-0.4, -0.2) is 24.5 Å². The molecule has 0 amide bonds. The first-order valence-electron chi connectivity index (χ1n) is 15.1. The quantitative estimate of drug-likeness (QED) is 0.204. The summed E-state index contributed by atoms with van der Waals surface area (Å²) >= 11 is 0. The molecule has 214 valence electrons. The van der Waals surface area contributed by atoms with Crippen molar-refractivity contribution in [1.82, 2.24) is 24.5 Å². The highest BCUT2D eigenvalue weighted by Crippen LogP contribution is 2.38. The van der Waals surface area contributed by atoms with Gasteiger partial charge in [-0.2, -0.15) is 0 Å². The van der Waals surface area contributed by atoms with E-state index in [9.17, 15) is 0 Å². The lowest BCUT2D eigenvalue weighted by Crippen LogP contribution is -2.04. The zero-order valence-electron chi connectivity index (χ0n) is 25.0. The van der Waals surface area contributed by atoms with Gasteiger partial charge in [0, 0.05) is 39.9 Å². The minimum atomic E-state index is 0.615. The number of hydrogen-bond acceptors (Lipinski definition) is 4. The Kier molecular flexibility index (Phi) is 6.50. The van der Waals surface area contributed by atoms with Crippen molar-refractivity contribution in [3.8, 4) is 51.0 Å². The number of nitrogens with zero attached hydrogens (tertiary/aromatic N) is 5. The van der Waals surface area contributed by atoms with Crippen LogP contribution in [0.4, 0.5) is 0 Å². The van der Waals surface area contributed by atoms with E-state index in [0.29, 0.717) is 17.5 Å². The van der Waals surface area contributed by atoms with Crippen molar-refractivity contribution >= 4 is 21.8 Å².